The maximum atomic E-state index is 12.9. The third kappa shape index (κ3) is 3.94. The fraction of sp³-hybridized carbons (Fsp3) is 0.650. The molecule has 1 aromatic rings. The van der Waals surface area contributed by atoms with Crippen LogP contribution in [0.15, 0.2) is 24.3 Å². The topological polar surface area (TPSA) is 55.1 Å². The van der Waals surface area contributed by atoms with Crippen molar-refractivity contribution < 1.29 is 4.79 Å². The van der Waals surface area contributed by atoms with Crippen molar-refractivity contribution in [1.82, 2.24) is 5.32 Å². The summed E-state index contributed by atoms with van der Waals surface area (Å²) in [6.07, 6.45) is 5.61. The second-order valence-corrected chi connectivity index (χ2v) is 8.18. The number of halogens is 1. The Morgan fingerprint density at radius 1 is 1.21 bits per heavy atom. The first kappa shape index (κ1) is 19.3. The molecule has 0 spiro atoms. The summed E-state index contributed by atoms with van der Waals surface area (Å²) in [5.74, 6) is 1.43. The van der Waals surface area contributed by atoms with E-state index in [9.17, 15) is 4.79 Å². The molecule has 0 aliphatic heterocycles. The van der Waals surface area contributed by atoms with Gasteiger partial charge < -0.3 is 11.1 Å². The quantitative estimate of drug-likeness (QED) is 0.868. The minimum absolute atomic E-state index is 0. The number of aryl methyl sites for hydroxylation is 1. The van der Waals surface area contributed by atoms with Crippen LogP contribution in [0.1, 0.15) is 57.1 Å². The van der Waals surface area contributed by atoms with Crippen LogP contribution in [0, 0.1) is 24.7 Å². The molecule has 3 rings (SSSR count). The Bertz CT molecular complexity index is 573. The Morgan fingerprint density at radius 2 is 1.83 bits per heavy atom. The van der Waals surface area contributed by atoms with E-state index in [0.717, 1.165) is 12.8 Å². The molecule has 134 valence electrons. The first-order chi connectivity index (χ1) is 10.9. The molecule has 2 aliphatic rings. The van der Waals surface area contributed by atoms with Crippen molar-refractivity contribution in [3.05, 3.63) is 35.4 Å². The molecule has 0 radical (unpaired) electrons. The maximum Gasteiger partial charge on any atom is 0.223 e. The number of benzene rings is 1. The van der Waals surface area contributed by atoms with E-state index < -0.39 is 0 Å². The van der Waals surface area contributed by atoms with Gasteiger partial charge in [0.2, 0.25) is 5.91 Å². The third-order valence-corrected chi connectivity index (χ3v) is 5.96. The fourth-order valence-corrected chi connectivity index (χ4v) is 4.52. The molecule has 2 aliphatic carbocycles. The standard InChI is InChI=1S/C20H30N2O.ClH/c1-13-6-4-9-17(10-13)20(2,3)22-19(23)16-11-14-7-5-8-15(12-16)18(14)21;/h4,6,9-10,14-16,18H,5,7-8,11-12,21H2,1-3H3,(H,22,23);1H. The Balaban J connectivity index is 0.00000208. The number of hydrogen-bond donors (Lipinski definition) is 2. The SMILES string of the molecule is Cc1cccc(C(C)(C)NC(=O)C2CC3CCCC(C2)C3N)c1.Cl. The van der Waals surface area contributed by atoms with E-state index >= 15 is 0 Å². The summed E-state index contributed by atoms with van der Waals surface area (Å²) in [6, 6.07) is 8.72. The van der Waals surface area contributed by atoms with Gasteiger partial charge in [0, 0.05) is 12.0 Å². The Hall–Kier alpha value is -1.06. The average Bonchev–Trinajstić information content (AvgIpc) is 2.46. The molecule has 4 heteroatoms. The van der Waals surface area contributed by atoms with Crippen molar-refractivity contribution in [2.24, 2.45) is 23.5 Å². The summed E-state index contributed by atoms with van der Waals surface area (Å²) >= 11 is 0. The number of carbonyl (C=O) groups is 1. The highest BCUT2D eigenvalue weighted by Gasteiger charge is 2.41. The summed E-state index contributed by atoms with van der Waals surface area (Å²) in [5.41, 5.74) is 8.40. The second-order valence-electron chi connectivity index (χ2n) is 8.18. The van der Waals surface area contributed by atoms with E-state index in [-0.39, 0.29) is 29.8 Å². The largest absolute Gasteiger partial charge is 0.347 e. The number of fused-ring (bicyclic) bond motifs is 2. The zero-order valence-electron chi connectivity index (χ0n) is 15.0. The summed E-state index contributed by atoms with van der Waals surface area (Å²) < 4.78 is 0. The van der Waals surface area contributed by atoms with Gasteiger partial charge in [-0.1, -0.05) is 36.2 Å². The highest BCUT2D eigenvalue weighted by atomic mass is 35.5. The van der Waals surface area contributed by atoms with Crippen LogP contribution in [-0.4, -0.2) is 11.9 Å². The maximum absolute atomic E-state index is 12.9. The Kier molecular flexibility index (Phi) is 5.98. The summed E-state index contributed by atoms with van der Waals surface area (Å²) in [6.45, 7) is 6.27. The predicted octanol–water partition coefficient (Wildman–Crippen LogP) is 3.92. The van der Waals surface area contributed by atoms with E-state index in [1.807, 2.05) is 0 Å². The molecule has 0 saturated heterocycles. The van der Waals surface area contributed by atoms with Crippen molar-refractivity contribution in [1.29, 1.82) is 0 Å². The molecule has 1 amide bonds. The molecule has 2 bridgehead atoms. The second kappa shape index (κ2) is 7.45. The van der Waals surface area contributed by atoms with Gasteiger partial charge in [0.1, 0.15) is 0 Å². The van der Waals surface area contributed by atoms with E-state index in [2.05, 4.69) is 50.4 Å². The molecular formula is C20H31ClN2O. The smallest absolute Gasteiger partial charge is 0.223 e. The molecular weight excluding hydrogens is 320 g/mol. The van der Waals surface area contributed by atoms with Gasteiger partial charge in [-0.25, -0.2) is 0 Å². The first-order valence-corrected chi connectivity index (χ1v) is 9.01. The number of carbonyl (C=O) groups excluding carboxylic acids is 1. The lowest BCUT2D eigenvalue weighted by Gasteiger charge is -2.44. The van der Waals surface area contributed by atoms with Crippen LogP contribution < -0.4 is 11.1 Å². The molecule has 0 aromatic heterocycles. The van der Waals surface area contributed by atoms with Gasteiger partial charge >= 0.3 is 0 Å². The lowest BCUT2D eigenvalue weighted by molar-refractivity contribution is -0.129. The van der Waals surface area contributed by atoms with Crippen LogP contribution in [0.4, 0.5) is 0 Å². The van der Waals surface area contributed by atoms with E-state index in [1.165, 1.54) is 30.4 Å². The molecule has 3 nitrogen and oxygen atoms in total. The molecule has 3 N–H and O–H groups in total. The molecule has 2 atom stereocenters. The van der Waals surface area contributed by atoms with Gasteiger partial charge in [-0.3, -0.25) is 4.79 Å². The van der Waals surface area contributed by atoms with Gasteiger partial charge in [-0.2, -0.15) is 0 Å². The van der Waals surface area contributed by atoms with Crippen molar-refractivity contribution >= 4 is 18.3 Å². The molecule has 2 fully saturated rings. The van der Waals surface area contributed by atoms with Crippen LogP contribution in [0.5, 0.6) is 0 Å². The summed E-state index contributed by atoms with van der Waals surface area (Å²) in [7, 11) is 0. The average molecular weight is 351 g/mol. The lowest BCUT2D eigenvalue weighted by Crippen LogP contribution is -2.51. The van der Waals surface area contributed by atoms with Gasteiger partial charge in [-0.15, -0.1) is 12.4 Å². The molecule has 24 heavy (non-hydrogen) atoms. The number of amides is 1. The van der Waals surface area contributed by atoms with Crippen LogP contribution >= 0.6 is 12.4 Å². The molecule has 1 aromatic carbocycles. The monoisotopic (exact) mass is 350 g/mol. The number of nitrogens with one attached hydrogen (secondary N) is 1. The van der Waals surface area contributed by atoms with E-state index in [4.69, 9.17) is 5.73 Å². The zero-order valence-corrected chi connectivity index (χ0v) is 15.9. The van der Waals surface area contributed by atoms with Crippen LogP contribution in [-0.2, 0) is 10.3 Å². The Labute approximate surface area is 152 Å². The molecule has 2 saturated carbocycles. The van der Waals surface area contributed by atoms with Crippen LogP contribution in [0.25, 0.3) is 0 Å². The van der Waals surface area contributed by atoms with Gasteiger partial charge in [0.15, 0.2) is 0 Å². The molecule has 2 unspecified atom stereocenters. The third-order valence-electron chi connectivity index (χ3n) is 5.96. The van der Waals surface area contributed by atoms with Crippen LogP contribution in [0.2, 0.25) is 0 Å². The zero-order chi connectivity index (χ0) is 16.6. The lowest BCUT2D eigenvalue weighted by atomic mass is 9.65. The highest BCUT2D eigenvalue weighted by Crippen LogP contribution is 2.42. The van der Waals surface area contributed by atoms with E-state index in [0.29, 0.717) is 17.9 Å². The van der Waals surface area contributed by atoms with Crippen LogP contribution in [0.3, 0.4) is 0 Å². The predicted molar refractivity (Wildman–Crippen MR) is 101 cm³/mol. The van der Waals surface area contributed by atoms with Crippen molar-refractivity contribution in [3.8, 4) is 0 Å². The minimum Gasteiger partial charge on any atom is -0.347 e. The summed E-state index contributed by atoms with van der Waals surface area (Å²) in [5, 5.41) is 3.29. The summed E-state index contributed by atoms with van der Waals surface area (Å²) in [4.78, 5) is 12.9. The first-order valence-electron chi connectivity index (χ1n) is 9.01. The number of rotatable bonds is 3. The normalized spacial score (nSPS) is 29.5. The van der Waals surface area contributed by atoms with E-state index in [1.54, 1.807) is 0 Å². The highest BCUT2D eigenvalue weighted by molar-refractivity contribution is 5.85. The van der Waals surface area contributed by atoms with Gasteiger partial charge in [-0.05, 0) is 63.9 Å². The number of hydrogen-bond acceptors (Lipinski definition) is 2. The Morgan fingerprint density at radius 3 is 2.42 bits per heavy atom. The minimum atomic E-state index is -0.336. The van der Waals surface area contributed by atoms with Gasteiger partial charge in [0.05, 0.1) is 5.54 Å². The fourth-order valence-electron chi connectivity index (χ4n) is 4.52. The molecule has 0 heterocycles. The van der Waals surface area contributed by atoms with Crippen molar-refractivity contribution in [2.75, 3.05) is 0 Å². The van der Waals surface area contributed by atoms with Gasteiger partial charge in [0.25, 0.3) is 0 Å². The number of nitrogens with two attached hydrogens (primary N) is 1. The van der Waals surface area contributed by atoms with Crippen molar-refractivity contribution in [2.45, 2.75) is 64.5 Å². The van der Waals surface area contributed by atoms with Crippen molar-refractivity contribution in [3.63, 3.8) is 0 Å².